The lowest BCUT2D eigenvalue weighted by atomic mass is 9.99. The number of benzene rings is 1. The molecule has 0 bridgehead atoms. The Labute approximate surface area is 110 Å². The molecule has 1 unspecified atom stereocenters. The highest BCUT2D eigenvalue weighted by Gasteiger charge is 2.22. The summed E-state index contributed by atoms with van der Waals surface area (Å²) in [5.74, 6) is 2.13. The van der Waals surface area contributed by atoms with Crippen LogP contribution in [0.2, 0.25) is 5.02 Å². The number of nitrogens with zero attached hydrogens (tertiary/aromatic N) is 3. The zero-order valence-corrected chi connectivity index (χ0v) is 10.6. The molecule has 0 radical (unpaired) electrons. The second-order valence-corrected chi connectivity index (χ2v) is 5.08. The Hall–Kier alpha value is -1.39. The van der Waals surface area contributed by atoms with Crippen LogP contribution >= 0.6 is 11.6 Å². The number of rotatable bonds is 2. The monoisotopic (exact) mass is 263 g/mol. The van der Waals surface area contributed by atoms with Crippen LogP contribution in [0.15, 0.2) is 24.3 Å². The van der Waals surface area contributed by atoms with E-state index in [2.05, 4.69) is 14.8 Å². The molecule has 0 fully saturated rings. The molecule has 0 saturated carbocycles. The van der Waals surface area contributed by atoms with Crippen molar-refractivity contribution in [2.45, 2.75) is 19.4 Å². The van der Waals surface area contributed by atoms with Gasteiger partial charge < -0.3 is 9.67 Å². The van der Waals surface area contributed by atoms with E-state index in [0.29, 0.717) is 10.9 Å². The second-order valence-electron chi connectivity index (χ2n) is 4.64. The van der Waals surface area contributed by atoms with E-state index < -0.39 is 0 Å². The highest BCUT2D eigenvalue weighted by atomic mass is 35.5. The first-order valence-corrected chi connectivity index (χ1v) is 6.44. The number of aliphatic hydroxyl groups excluding tert-OH is 1. The fourth-order valence-corrected chi connectivity index (χ4v) is 2.58. The van der Waals surface area contributed by atoms with Crippen molar-refractivity contribution < 1.29 is 5.11 Å². The van der Waals surface area contributed by atoms with Gasteiger partial charge in [0.2, 0.25) is 0 Å². The topological polar surface area (TPSA) is 50.9 Å². The predicted octanol–water partition coefficient (Wildman–Crippen LogP) is 2.15. The lowest BCUT2D eigenvalue weighted by Crippen LogP contribution is -2.22. The van der Waals surface area contributed by atoms with Gasteiger partial charge in [-0.15, -0.1) is 10.2 Å². The van der Waals surface area contributed by atoms with Crippen molar-refractivity contribution in [3.8, 4) is 11.4 Å². The normalized spacial score (nSPS) is 18.7. The third-order valence-electron chi connectivity index (χ3n) is 3.40. The molecule has 5 heteroatoms. The third-order valence-corrected chi connectivity index (χ3v) is 3.64. The Morgan fingerprint density at radius 3 is 3.06 bits per heavy atom. The van der Waals surface area contributed by atoms with Gasteiger partial charge in [-0.05, 0) is 24.5 Å². The maximum Gasteiger partial charge on any atom is 0.164 e. The predicted molar refractivity (Wildman–Crippen MR) is 69.4 cm³/mol. The van der Waals surface area contributed by atoms with Gasteiger partial charge in [-0.25, -0.2) is 0 Å². The van der Waals surface area contributed by atoms with Crippen molar-refractivity contribution in [3.05, 3.63) is 35.1 Å². The average molecular weight is 264 g/mol. The summed E-state index contributed by atoms with van der Waals surface area (Å²) in [5, 5.41) is 18.4. The van der Waals surface area contributed by atoms with Crippen LogP contribution in [0.1, 0.15) is 12.2 Å². The van der Waals surface area contributed by atoms with E-state index in [1.807, 2.05) is 24.3 Å². The van der Waals surface area contributed by atoms with E-state index in [-0.39, 0.29) is 6.61 Å². The van der Waals surface area contributed by atoms with Gasteiger partial charge in [0, 0.05) is 30.2 Å². The Balaban J connectivity index is 1.98. The summed E-state index contributed by atoms with van der Waals surface area (Å²) in [7, 11) is 0. The van der Waals surface area contributed by atoms with Crippen molar-refractivity contribution in [2.24, 2.45) is 5.92 Å². The quantitative estimate of drug-likeness (QED) is 0.903. The second kappa shape index (κ2) is 4.71. The molecular weight excluding hydrogens is 250 g/mol. The number of fused-ring (bicyclic) bond motifs is 1. The molecule has 1 atom stereocenters. The molecule has 0 spiro atoms. The standard InChI is InChI=1S/C13H14ClN3O/c14-11-3-1-2-10(7-11)13-16-15-12-6-9(8-18)4-5-17(12)13/h1-3,7,9,18H,4-6,8H2. The summed E-state index contributed by atoms with van der Waals surface area (Å²) in [6, 6.07) is 7.65. The summed E-state index contributed by atoms with van der Waals surface area (Å²) in [4.78, 5) is 0. The number of halogens is 1. The van der Waals surface area contributed by atoms with Gasteiger partial charge >= 0.3 is 0 Å². The fourth-order valence-electron chi connectivity index (χ4n) is 2.39. The minimum atomic E-state index is 0.222. The number of aliphatic hydroxyl groups is 1. The first-order chi connectivity index (χ1) is 8.78. The van der Waals surface area contributed by atoms with Crippen LogP contribution in [0.4, 0.5) is 0 Å². The Morgan fingerprint density at radius 1 is 1.39 bits per heavy atom. The SMILES string of the molecule is OCC1CCn2c(nnc2-c2cccc(Cl)c2)C1. The van der Waals surface area contributed by atoms with Crippen LogP contribution in [-0.4, -0.2) is 26.5 Å². The molecule has 18 heavy (non-hydrogen) atoms. The number of hydrogen-bond acceptors (Lipinski definition) is 3. The van der Waals surface area contributed by atoms with Gasteiger partial charge in [0.15, 0.2) is 5.82 Å². The lowest BCUT2D eigenvalue weighted by Gasteiger charge is -2.21. The summed E-state index contributed by atoms with van der Waals surface area (Å²) in [5.41, 5.74) is 0.990. The van der Waals surface area contributed by atoms with Crippen LogP contribution in [0, 0.1) is 5.92 Å². The van der Waals surface area contributed by atoms with Gasteiger partial charge in [0.05, 0.1) is 0 Å². The van der Waals surface area contributed by atoms with Crippen LogP contribution < -0.4 is 0 Å². The van der Waals surface area contributed by atoms with Crippen molar-refractivity contribution in [3.63, 3.8) is 0 Å². The van der Waals surface area contributed by atoms with Crippen molar-refractivity contribution in [2.75, 3.05) is 6.61 Å². The minimum absolute atomic E-state index is 0.222. The first kappa shape index (κ1) is 11.7. The molecule has 3 rings (SSSR count). The van der Waals surface area contributed by atoms with Crippen molar-refractivity contribution in [1.29, 1.82) is 0 Å². The number of aromatic nitrogens is 3. The molecule has 1 aliphatic heterocycles. The van der Waals surface area contributed by atoms with Gasteiger partial charge in [-0.1, -0.05) is 23.7 Å². The fraction of sp³-hybridized carbons (Fsp3) is 0.385. The van der Waals surface area contributed by atoms with Crippen LogP contribution in [0.25, 0.3) is 11.4 Å². The van der Waals surface area contributed by atoms with Crippen molar-refractivity contribution >= 4 is 11.6 Å². The molecule has 1 aromatic carbocycles. The molecule has 0 amide bonds. The maximum absolute atomic E-state index is 9.20. The van der Waals surface area contributed by atoms with Gasteiger partial charge in [-0.2, -0.15) is 0 Å². The highest BCUT2D eigenvalue weighted by molar-refractivity contribution is 6.30. The summed E-state index contributed by atoms with van der Waals surface area (Å²) in [6.07, 6.45) is 1.76. The molecule has 1 aliphatic rings. The van der Waals surface area contributed by atoms with E-state index in [0.717, 1.165) is 36.6 Å². The van der Waals surface area contributed by atoms with Crippen LogP contribution in [-0.2, 0) is 13.0 Å². The molecule has 0 saturated heterocycles. The summed E-state index contributed by atoms with van der Waals surface area (Å²) in [6.45, 7) is 1.08. The molecule has 1 aromatic heterocycles. The molecule has 2 heterocycles. The van der Waals surface area contributed by atoms with E-state index >= 15 is 0 Å². The Kier molecular flexibility index (Phi) is 3.06. The van der Waals surface area contributed by atoms with E-state index in [1.165, 1.54) is 0 Å². The van der Waals surface area contributed by atoms with E-state index in [1.54, 1.807) is 0 Å². The average Bonchev–Trinajstić information content (AvgIpc) is 2.81. The minimum Gasteiger partial charge on any atom is -0.396 e. The van der Waals surface area contributed by atoms with E-state index in [4.69, 9.17) is 11.6 Å². The summed E-state index contributed by atoms with van der Waals surface area (Å²) < 4.78 is 2.12. The van der Waals surface area contributed by atoms with Gasteiger partial charge in [0.1, 0.15) is 5.82 Å². The van der Waals surface area contributed by atoms with Crippen molar-refractivity contribution in [1.82, 2.24) is 14.8 Å². The smallest absolute Gasteiger partial charge is 0.164 e. The molecule has 2 aromatic rings. The maximum atomic E-state index is 9.20. The largest absolute Gasteiger partial charge is 0.396 e. The van der Waals surface area contributed by atoms with Crippen LogP contribution in [0.5, 0.6) is 0 Å². The summed E-state index contributed by atoms with van der Waals surface area (Å²) >= 11 is 6.00. The van der Waals surface area contributed by atoms with Gasteiger partial charge in [-0.3, -0.25) is 0 Å². The molecular formula is C13H14ClN3O. The van der Waals surface area contributed by atoms with Gasteiger partial charge in [0.25, 0.3) is 0 Å². The zero-order valence-electron chi connectivity index (χ0n) is 9.88. The van der Waals surface area contributed by atoms with Crippen LogP contribution in [0.3, 0.4) is 0 Å². The Bertz CT molecular complexity index is 567. The molecule has 0 aliphatic carbocycles. The first-order valence-electron chi connectivity index (χ1n) is 6.07. The Morgan fingerprint density at radius 2 is 2.28 bits per heavy atom. The van der Waals surface area contributed by atoms with E-state index in [9.17, 15) is 5.11 Å². The zero-order chi connectivity index (χ0) is 12.5. The lowest BCUT2D eigenvalue weighted by molar-refractivity contribution is 0.199. The third kappa shape index (κ3) is 2.02. The molecule has 94 valence electrons. The number of hydrogen-bond donors (Lipinski definition) is 1. The molecule has 4 nitrogen and oxygen atoms in total. The molecule has 1 N–H and O–H groups in total. The highest BCUT2D eigenvalue weighted by Crippen LogP contribution is 2.26.